The third-order valence-corrected chi connectivity index (χ3v) is 4.85. The molecule has 0 N–H and O–H groups in total. The third kappa shape index (κ3) is 3.11. The van der Waals surface area contributed by atoms with E-state index >= 15 is 0 Å². The van der Waals surface area contributed by atoms with Crippen LogP contribution in [0.4, 0.5) is 0 Å². The summed E-state index contributed by atoms with van der Waals surface area (Å²) in [6, 6.07) is 10.0. The number of carbonyl (C=O) groups is 2. The molecule has 23 heavy (non-hydrogen) atoms. The Labute approximate surface area is 136 Å². The van der Waals surface area contributed by atoms with Crippen molar-refractivity contribution in [1.82, 2.24) is 4.90 Å². The summed E-state index contributed by atoms with van der Waals surface area (Å²) in [6.07, 6.45) is 3.96. The van der Waals surface area contributed by atoms with E-state index in [9.17, 15) is 9.59 Å². The molecule has 2 atom stereocenters. The summed E-state index contributed by atoms with van der Waals surface area (Å²) in [5.74, 6) is -0.0617. The van der Waals surface area contributed by atoms with E-state index in [4.69, 9.17) is 9.47 Å². The molecule has 5 heteroatoms. The second-order valence-electron chi connectivity index (χ2n) is 6.23. The van der Waals surface area contributed by atoms with Gasteiger partial charge in [0.15, 0.2) is 0 Å². The minimum atomic E-state index is -0.552. The molecule has 0 saturated carbocycles. The summed E-state index contributed by atoms with van der Waals surface area (Å²) in [6.45, 7) is 0.522. The highest BCUT2D eigenvalue weighted by atomic mass is 16.5. The Hall–Kier alpha value is -1.88. The van der Waals surface area contributed by atoms with Gasteiger partial charge in [0.25, 0.3) is 0 Å². The van der Waals surface area contributed by atoms with Gasteiger partial charge in [0.05, 0.1) is 19.8 Å². The maximum Gasteiger partial charge on any atom is 0.305 e. The Kier molecular flexibility index (Phi) is 4.66. The number of methoxy groups -OCH3 is 1. The van der Waals surface area contributed by atoms with Crippen molar-refractivity contribution in [3.8, 4) is 0 Å². The standard InChI is InChI=1S/C18H23NO4/c1-22-17(21)10-6-12-18-11-5-9-16(20)19(18)15(13-23-18)14-7-3-2-4-8-14/h2-4,7-8,15H,5-6,9-13H2,1H3/t15-,18+/m0/s1. The zero-order valence-electron chi connectivity index (χ0n) is 13.5. The van der Waals surface area contributed by atoms with Crippen LogP contribution in [0.25, 0.3) is 0 Å². The van der Waals surface area contributed by atoms with Crippen molar-refractivity contribution in [1.29, 1.82) is 0 Å². The van der Waals surface area contributed by atoms with E-state index in [1.807, 2.05) is 35.2 Å². The van der Waals surface area contributed by atoms with Crippen LogP contribution in [0, 0.1) is 0 Å². The average Bonchev–Trinajstić information content (AvgIpc) is 2.96. The first-order valence-corrected chi connectivity index (χ1v) is 8.24. The van der Waals surface area contributed by atoms with Crippen molar-refractivity contribution < 1.29 is 19.1 Å². The van der Waals surface area contributed by atoms with Crippen molar-refractivity contribution in [3.63, 3.8) is 0 Å². The minimum Gasteiger partial charge on any atom is -0.469 e. The van der Waals surface area contributed by atoms with Gasteiger partial charge in [0.1, 0.15) is 5.72 Å². The van der Waals surface area contributed by atoms with E-state index in [-0.39, 0.29) is 17.9 Å². The Morgan fingerprint density at radius 3 is 2.91 bits per heavy atom. The molecule has 2 heterocycles. The van der Waals surface area contributed by atoms with E-state index < -0.39 is 5.72 Å². The summed E-state index contributed by atoms with van der Waals surface area (Å²) in [5, 5.41) is 0. The predicted octanol–water partition coefficient (Wildman–Crippen LogP) is 2.81. The molecule has 5 nitrogen and oxygen atoms in total. The van der Waals surface area contributed by atoms with Crippen LogP contribution >= 0.6 is 0 Å². The molecule has 2 aliphatic rings. The SMILES string of the molecule is COC(=O)CCC[C@]12CCCC(=O)N1[C@H](c1ccccc1)CO2. The van der Waals surface area contributed by atoms with Crippen LogP contribution in [0.15, 0.2) is 30.3 Å². The van der Waals surface area contributed by atoms with Crippen molar-refractivity contribution in [2.75, 3.05) is 13.7 Å². The highest BCUT2D eigenvalue weighted by Gasteiger charge is 2.51. The van der Waals surface area contributed by atoms with E-state index in [1.54, 1.807) is 0 Å². The molecule has 0 aromatic heterocycles. The summed E-state index contributed by atoms with van der Waals surface area (Å²) >= 11 is 0. The quantitative estimate of drug-likeness (QED) is 0.784. The number of fused-ring (bicyclic) bond motifs is 1. The van der Waals surface area contributed by atoms with Gasteiger partial charge in [-0.2, -0.15) is 0 Å². The fourth-order valence-corrected chi connectivity index (χ4v) is 3.74. The van der Waals surface area contributed by atoms with Crippen molar-refractivity contribution >= 4 is 11.9 Å². The summed E-state index contributed by atoms with van der Waals surface area (Å²) < 4.78 is 10.9. The summed E-state index contributed by atoms with van der Waals surface area (Å²) in [7, 11) is 1.40. The summed E-state index contributed by atoms with van der Waals surface area (Å²) in [4.78, 5) is 25.9. The van der Waals surface area contributed by atoms with E-state index in [1.165, 1.54) is 7.11 Å². The van der Waals surface area contributed by atoms with Crippen molar-refractivity contribution in [2.45, 2.75) is 50.3 Å². The number of carbonyl (C=O) groups excluding carboxylic acids is 2. The van der Waals surface area contributed by atoms with Crippen LogP contribution in [-0.4, -0.2) is 36.2 Å². The minimum absolute atomic E-state index is 0.0258. The molecule has 0 radical (unpaired) electrons. The number of hydrogen-bond donors (Lipinski definition) is 0. The fourth-order valence-electron chi connectivity index (χ4n) is 3.74. The topological polar surface area (TPSA) is 55.8 Å². The normalized spacial score (nSPS) is 26.9. The van der Waals surface area contributed by atoms with E-state index in [0.29, 0.717) is 32.3 Å². The molecule has 0 spiro atoms. The number of amides is 1. The largest absolute Gasteiger partial charge is 0.469 e. The lowest BCUT2D eigenvalue weighted by molar-refractivity contribution is -0.162. The van der Waals surface area contributed by atoms with Gasteiger partial charge in [-0.1, -0.05) is 30.3 Å². The van der Waals surface area contributed by atoms with Crippen molar-refractivity contribution in [3.05, 3.63) is 35.9 Å². The number of piperidine rings is 1. The zero-order valence-corrected chi connectivity index (χ0v) is 13.5. The number of benzene rings is 1. The van der Waals surface area contributed by atoms with Crippen LogP contribution in [0.1, 0.15) is 50.1 Å². The first-order valence-electron chi connectivity index (χ1n) is 8.24. The molecule has 2 saturated heterocycles. The maximum atomic E-state index is 12.6. The monoisotopic (exact) mass is 317 g/mol. The molecule has 0 unspecified atom stereocenters. The second-order valence-corrected chi connectivity index (χ2v) is 6.23. The number of hydrogen-bond acceptors (Lipinski definition) is 4. The van der Waals surface area contributed by atoms with Gasteiger partial charge in [-0.3, -0.25) is 9.59 Å². The van der Waals surface area contributed by atoms with Gasteiger partial charge in [0, 0.05) is 12.8 Å². The molecular weight excluding hydrogens is 294 g/mol. The number of nitrogens with zero attached hydrogens (tertiary/aromatic N) is 1. The first kappa shape index (κ1) is 16.0. The zero-order chi connectivity index (χ0) is 16.3. The molecule has 1 amide bonds. The lowest BCUT2D eigenvalue weighted by atomic mass is 9.91. The molecule has 3 rings (SSSR count). The van der Waals surface area contributed by atoms with E-state index in [2.05, 4.69) is 0 Å². The first-order chi connectivity index (χ1) is 11.2. The van der Waals surface area contributed by atoms with Crippen LogP contribution in [0.2, 0.25) is 0 Å². The van der Waals surface area contributed by atoms with Gasteiger partial charge >= 0.3 is 5.97 Å². The third-order valence-electron chi connectivity index (χ3n) is 4.85. The van der Waals surface area contributed by atoms with Crippen LogP contribution < -0.4 is 0 Å². The van der Waals surface area contributed by atoms with Gasteiger partial charge in [-0.15, -0.1) is 0 Å². The Morgan fingerprint density at radius 1 is 1.39 bits per heavy atom. The Bertz CT molecular complexity index is 574. The fraction of sp³-hybridized carbons (Fsp3) is 0.556. The Morgan fingerprint density at radius 2 is 2.17 bits per heavy atom. The van der Waals surface area contributed by atoms with Crippen LogP contribution in [-0.2, 0) is 19.1 Å². The average molecular weight is 317 g/mol. The summed E-state index contributed by atoms with van der Waals surface area (Å²) in [5.41, 5.74) is 0.557. The van der Waals surface area contributed by atoms with Gasteiger partial charge in [-0.25, -0.2) is 0 Å². The van der Waals surface area contributed by atoms with Gasteiger partial charge < -0.3 is 14.4 Å². The predicted molar refractivity (Wildman–Crippen MR) is 84.4 cm³/mol. The molecule has 1 aromatic carbocycles. The number of esters is 1. The van der Waals surface area contributed by atoms with Crippen LogP contribution in [0.5, 0.6) is 0 Å². The highest BCUT2D eigenvalue weighted by molar-refractivity contribution is 5.78. The number of rotatable bonds is 5. The van der Waals surface area contributed by atoms with E-state index in [0.717, 1.165) is 18.4 Å². The molecule has 2 fully saturated rings. The maximum absolute atomic E-state index is 12.6. The van der Waals surface area contributed by atoms with Gasteiger partial charge in [-0.05, 0) is 31.2 Å². The van der Waals surface area contributed by atoms with Crippen LogP contribution in [0.3, 0.4) is 0 Å². The molecule has 0 bridgehead atoms. The second kappa shape index (κ2) is 6.71. The molecule has 2 aliphatic heterocycles. The molecule has 0 aliphatic carbocycles. The molecule has 124 valence electrons. The smallest absolute Gasteiger partial charge is 0.305 e. The number of ether oxygens (including phenoxy) is 2. The lowest BCUT2D eigenvalue weighted by Crippen LogP contribution is -2.52. The molecular formula is C18H23NO4. The van der Waals surface area contributed by atoms with Crippen molar-refractivity contribution in [2.24, 2.45) is 0 Å². The van der Waals surface area contributed by atoms with Gasteiger partial charge in [0.2, 0.25) is 5.91 Å². The Balaban J connectivity index is 1.78. The lowest BCUT2D eigenvalue weighted by Gasteiger charge is -2.43. The highest BCUT2D eigenvalue weighted by Crippen LogP contribution is 2.46. The molecule has 1 aromatic rings.